The summed E-state index contributed by atoms with van der Waals surface area (Å²) in [6.45, 7) is 9.47. The second kappa shape index (κ2) is 5.44. The number of rotatable bonds is 6. The Bertz CT molecular complexity index is 315. The van der Waals surface area contributed by atoms with Gasteiger partial charge in [0.05, 0.1) is 38.1 Å². The van der Waals surface area contributed by atoms with Crippen LogP contribution in [0.4, 0.5) is 0 Å². The minimum Gasteiger partial charge on any atom is -0.373 e. The van der Waals surface area contributed by atoms with Crippen LogP contribution in [0.5, 0.6) is 0 Å². The van der Waals surface area contributed by atoms with Gasteiger partial charge in [-0.2, -0.15) is 5.12 Å². The van der Waals surface area contributed by atoms with E-state index in [4.69, 9.17) is 14.2 Å². The molecule has 5 atom stereocenters. The van der Waals surface area contributed by atoms with Gasteiger partial charge in [0, 0.05) is 32.2 Å². The van der Waals surface area contributed by atoms with Crippen molar-refractivity contribution < 1.29 is 14.2 Å². The van der Waals surface area contributed by atoms with Gasteiger partial charge >= 0.3 is 0 Å². The van der Waals surface area contributed by atoms with Crippen molar-refractivity contribution >= 4 is 0 Å². The standard InChI is InChI=1S/C15H27N3O3/c1-10-15(4-12-7-19-12)11(2)18(6-14-9-21-14)16(3)17(10)5-13-8-20-13/h10-15H,4-9H2,1-3H3. The van der Waals surface area contributed by atoms with Crippen LogP contribution in [-0.4, -0.2) is 85.5 Å². The van der Waals surface area contributed by atoms with Gasteiger partial charge in [0.15, 0.2) is 0 Å². The first-order chi connectivity index (χ1) is 10.1. The van der Waals surface area contributed by atoms with Gasteiger partial charge in [-0.3, -0.25) is 0 Å². The van der Waals surface area contributed by atoms with Crippen LogP contribution in [0.15, 0.2) is 0 Å². The molecule has 0 spiro atoms. The number of hydrogen-bond donors (Lipinski definition) is 0. The van der Waals surface area contributed by atoms with Crippen molar-refractivity contribution in [3.8, 4) is 0 Å². The van der Waals surface area contributed by atoms with Crippen LogP contribution in [0.25, 0.3) is 0 Å². The Morgan fingerprint density at radius 2 is 1.24 bits per heavy atom. The Kier molecular flexibility index (Phi) is 3.72. The van der Waals surface area contributed by atoms with Gasteiger partial charge in [0.1, 0.15) is 0 Å². The van der Waals surface area contributed by atoms with E-state index in [0.717, 1.165) is 32.9 Å². The molecular weight excluding hydrogens is 270 g/mol. The molecule has 120 valence electrons. The van der Waals surface area contributed by atoms with E-state index in [9.17, 15) is 0 Å². The summed E-state index contributed by atoms with van der Waals surface area (Å²) in [4.78, 5) is 0. The minimum absolute atomic E-state index is 0.417. The Morgan fingerprint density at radius 3 is 1.62 bits per heavy atom. The monoisotopic (exact) mass is 297 g/mol. The van der Waals surface area contributed by atoms with Gasteiger partial charge in [-0.1, -0.05) is 0 Å². The zero-order chi connectivity index (χ0) is 14.6. The van der Waals surface area contributed by atoms with E-state index < -0.39 is 0 Å². The van der Waals surface area contributed by atoms with E-state index in [1.54, 1.807) is 0 Å². The zero-order valence-electron chi connectivity index (χ0n) is 13.3. The molecule has 0 aromatic rings. The van der Waals surface area contributed by atoms with Crippen LogP contribution < -0.4 is 0 Å². The fourth-order valence-electron chi connectivity index (χ4n) is 3.75. The summed E-state index contributed by atoms with van der Waals surface area (Å²) in [5, 5.41) is 7.28. The predicted molar refractivity (Wildman–Crippen MR) is 77.4 cm³/mol. The molecule has 0 radical (unpaired) electrons. The van der Waals surface area contributed by atoms with E-state index in [1.807, 2.05) is 0 Å². The van der Waals surface area contributed by atoms with Crippen molar-refractivity contribution in [3.05, 3.63) is 0 Å². The van der Waals surface area contributed by atoms with E-state index >= 15 is 0 Å². The molecule has 4 fully saturated rings. The maximum atomic E-state index is 5.49. The van der Waals surface area contributed by atoms with Gasteiger partial charge in [-0.25, -0.2) is 10.0 Å². The lowest BCUT2D eigenvalue weighted by Crippen LogP contribution is -2.67. The Morgan fingerprint density at radius 1 is 0.810 bits per heavy atom. The van der Waals surface area contributed by atoms with Crippen molar-refractivity contribution in [1.82, 2.24) is 15.1 Å². The quantitative estimate of drug-likeness (QED) is 0.659. The normalized spacial score (nSPS) is 47.6. The third-order valence-electron chi connectivity index (χ3n) is 5.45. The van der Waals surface area contributed by atoms with Crippen molar-refractivity contribution in [2.75, 3.05) is 40.0 Å². The SMILES string of the molecule is CC1C(CC2CO2)C(C)N(CC2CO2)N(C)N1CC1CO1. The molecular formula is C15H27N3O3. The smallest absolute Gasteiger partial charge is 0.0951 e. The summed E-state index contributed by atoms with van der Waals surface area (Å²) >= 11 is 0. The van der Waals surface area contributed by atoms with Gasteiger partial charge < -0.3 is 14.2 Å². The Balaban J connectivity index is 1.50. The van der Waals surface area contributed by atoms with E-state index in [-0.39, 0.29) is 0 Å². The number of epoxide rings is 3. The predicted octanol–water partition coefficient (Wildman–Crippen LogP) is 0.346. The summed E-state index contributed by atoms with van der Waals surface area (Å²) in [6.07, 6.45) is 2.49. The van der Waals surface area contributed by atoms with Crippen LogP contribution in [0, 0.1) is 5.92 Å². The summed E-state index contributed by atoms with van der Waals surface area (Å²) in [7, 11) is 2.18. The second-order valence-electron chi connectivity index (χ2n) is 6.98. The summed E-state index contributed by atoms with van der Waals surface area (Å²) in [5.74, 6) is 0.631. The first-order valence-electron chi connectivity index (χ1n) is 8.25. The molecule has 21 heavy (non-hydrogen) atoms. The Hall–Kier alpha value is -0.240. The molecule has 0 bridgehead atoms. The number of hydrazine groups is 2. The second-order valence-corrected chi connectivity index (χ2v) is 6.98. The molecule has 0 amide bonds. The zero-order valence-corrected chi connectivity index (χ0v) is 13.3. The molecule has 0 saturated carbocycles. The highest BCUT2D eigenvalue weighted by Crippen LogP contribution is 2.35. The van der Waals surface area contributed by atoms with Crippen LogP contribution in [-0.2, 0) is 14.2 Å². The van der Waals surface area contributed by atoms with Crippen LogP contribution in [0.3, 0.4) is 0 Å². The maximum Gasteiger partial charge on any atom is 0.0951 e. The van der Waals surface area contributed by atoms with Crippen molar-refractivity contribution in [1.29, 1.82) is 0 Å². The van der Waals surface area contributed by atoms with Crippen LogP contribution >= 0.6 is 0 Å². The molecule has 4 saturated heterocycles. The van der Waals surface area contributed by atoms with Crippen molar-refractivity contribution in [2.45, 2.75) is 50.7 Å². The molecule has 4 heterocycles. The molecule has 0 aliphatic carbocycles. The van der Waals surface area contributed by atoms with Crippen molar-refractivity contribution in [3.63, 3.8) is 0 Å². The average molecular weight is 297 g/mol. The van der Waals surface area contributed by atoms with Crippen LogP contribution in [0.1, 0.15) is 20.3 Å². The van der Waals surface area contributed by atoms with Gasteiger partial charge in [0.25, 0.3) is 0 Å². The number of nitrogens with zero attached hydrogens (tertiary/aromatic N) is 3. The lowest BCUT2D eigenvalue weighted by atomic mass is 9.87. The summed E-state index contributed by atoms with van der Waals surface area (Å²) < 4.78 is 16.4. The fraction of sp³-hybridized carbons (Fsp3) is 1.00. The summed E-state index contributed by atoms with van der Waals surface area (Å²) in [5.41, 5.74) is 0. The molecule has 4 aliphatic rings. The van der Waals surface area contributed by atoms with Gasteiger partial charge in [-0.15, -0.1) is 0 Å². The lowest BCUT2D eigenvalue weighted by Gasteiger charge is -2.54. The highest BCUT2D eigenvalue weighted by molar-refractivity contribution is 4.93. The van der Waals surface area contributed by atoms with Crippen LogP contribution in [0.2, 0.25) is 0 Å². The largest absolute Gasteiger partial charge is 0.373 e. The van der Waals surface area contributed by atoms with E-state index in [2.05, 4.69) is 36.0 Å². The highest BCUT2D eigenvalue weighted by atomic mass is 16.6. The topological polar surface area (TPSA) is 47.3 Å². The maximum absolute atomic E-state index is 5.49. The Labute approximate surface area is 126 Å². The average Bonchev–Trinajstić information content (AvgIpc) is 3.31. The molecule has 0 aromatic heterocycles. The first kappa shape index (κ1) is 14.4. The third-order valence-corrected chi connectivity index (χ3v) is 5.45. The summed E-state index contributed by atoms with van der Waals surface area (Å²) in [6, 6.07) is 1.05. The molecule has 0 aromatic carbocycles. The molecule has 4 aliphatic heterocycles. The molecule has 5 unspecified atom stereocenters. The first-order valence-corrected chi connectivity index (χ1v) is 8.25. The number of hydrogen-bond acceptors (Lipinski definition) is 6. The third kappa shape index (κ3) is 3.11. The molecule has 6 nitrogen and oxygen atoms in total. The van der Waals surface area contributed by atoms with Gasteiger partial charge in [0.2, 0.25) is 0 Å². The molecule has 4 rings (SSSR count). The minimum atomic E-state index is 0.417. The van der Waals surface area contributed by atoms with E-state index in [0.29, 0.717) is 36.3 Å². The number of ether oxygens (including phenoxy) is 3. The molecule has 6 heteroatoms. The van der Waals surface area contributed by atoms with E-state index in [1.165, 1.54) is 6.42 Å². The molecule has 0 N–H and O–H groups in total. The van der Waals surface area contributed by atoms with Gasteiger partial charge in [-0.05, 0) is 26.2 Å². The fourth-order valence-corrected chi connectivity index (χ4v) is 3.75. The van der Waals surface area contributed by atoms with Crippen molar-refractivity contribution in [2.24, 2.45) is 5.92 Å². The highest BCUT2D eigenvalue weighted by Gasteiger charge is 2.46. The lowest BCUT2D eigenvalue weighted by molar-refractivity contribution is -0.257.